The Hall–Kier alpha value is -3.59. The number of nitrogens with zero attached hydrogens (tertiary/aromatic N) is 1. The molecular weight excluding hydrogens is 438 g/mol. The van der Waals surface area contributed by atoms with Gasteiger partial charge in [-0.05, 0) is 115 Å². The van der Waals surface area contributed by atoms with Crippen LogP contribution in [0.4, 0.5) is 5.69 Å². The molecule has 36 heavy (non-hydrogen) atoms. The fraction of sp³-hybridized carbons (Fsp3) is 0.303. The lowest BCUT2D eigenvalue weighted by molar-refractivity contribution is 0.825. The molecule has 0 heterocycles. The third-order valence-electron chi connectivity index (χ3n) is 6.75. The monoisotopic (exact) mass is 477 g/mol. The Morgan fingerprint density at radius 1 is 1.08 bits per heavy atom. The lowest BCUT2D eigenvalue weighted by Crippen LogP contribution is -2.16. The van der Waals surface area contributed by atoms with Gasteiger partial charge in [0.15, 0.2) is 0 Å². The Morgan fingerprint density at radius 3 is 2.58 bits per heavy atom. The van der Waals surface area contributed by atoms with Crippen molar-refractivity contribution in [3.8, 4) is 0 Å². The molecule has 0 amide bonds. The minimum absolute atomic E-state index is 0.478. The molecule has 4 rings (SSSR count). The number of allylic oxidation sites excluding steroid dienone is 6. The van der Waals surface area contributed by atoms with Crippen molar-refractivity contribution in [3.05, 3.63) is 112 Å². The molecule has 2 N–H and O–H groups in total. The zero-order chi connectivity index (χ0) is 25.8. The summed E-state index contributed by atoms with van der Waals surface area (Å²) in [4.78, 5) is 4.77. The van der Waals surface area contributed by atoms with Crippen LogP contribution in [-0.2, 0) is 6.42 Å². The molecule has 0 radical (unpaired) electrons. The number of hydrogen-bond donors (Lipinski definition) is 2. The number of anilines is 1. The van der Waals surface area contributed by atoms with Crippen molar-refractivity contribution in [2.75, 3.05) is 18.4 Å². The Morgan fingerprint density at radius 2 is 1.86 bits per heavy atom. The molecule has 186 valence electrons. The lowest BCUT2D eigenvalue weighted by Gasteiger charge is -2.30. The van der Waals surface area contributed by atoms with Gasteiger partial charge >= 0.3 is 0 Å². The number of aryl methyl sites for hydroxylation is 1. The standard InChI is InChI=1S/C33H39N3/c1-8-34-31-19-25-18-26-20-32(35-9-2)23(6)17-30(26)33(29(25)16-22(31)5)28-13-11-10-12-27(28)24(7)36-15-14-21(3)4/h10-17,19-21,34,36H,7-9,18H2,1-6H3/b15-14-,35-32?. The lowest BCUT2D eigenvalue weighted by atomic mass is 9.75. The van der Waals surface area contributed by atoms with Crippen LogP contribution in [0.25, 0.3) is 11.3 Å². The zero-order valence-corrected chi connectivity index (χ0v) is 22.6. The second-order valence-electron chi connectivity index (χ2n) is 9.95. The van der Waals surface area contributed by atoms with Crippen LogP contribution in [0, 0.1) is 12.8 Å². The van der Waals surface area contributed by atoms with Gasteiger partial charge in [-0.15, -0.1) is 0 Å². The van der Waals surface area contributed by atoms with Gasteiger partial charge in [0.1, 0.15) is 0 Å². The first-order chi connectivity index (χ1) is 17.3. The second-order valence-corrected chi connectivity index (χ2v) is 9.95. The quantitative estimate of drug-likeness (QED) is 0.406. The molecule has 2 aliphatic carbocycles. The number of hydrogen-bond acceptors (Lipinski definition) is 3. The molecule has 0 saturated heterocycles. The highest BCUT2D eigenvalue weighted by Crippen LogP contribution is 2.44. The van der Waals surface area contributed by atoms with Crippen molar-refractivity contribution in [1.82, 2.24) is 5.32 Å². The summed E-state index contributed by atoms with van der Waals surface area (Å²) in [6.07, 6.45) is 9.69. The van der Waals surface area contributed by atoms with E-state index in [1.54, 1.807) is 0 Å². The van der Waals surface area contributed by atoms with Crippen LogP contribution in [0.5, 0.6) is 0 Å². The van der Waals surface area contributed by atoms with Gasteiger partial charge in [0.2, 0.25) is 0 Å². The number of benzene rings is 2. The van der Waals surface area contributed by atoms with Crippen molar-refractivity contribution < 1.29 is 0 Å². The van der Waals surface area contributed by atoms with Crippen molar-refractivity contribution in [3.63, 3.8) is 0 Å². The largest absolute Gasteiger partial charge is 0.385 e. The van der Waals surface area contributed by atoms with E-state index in [-0.39, 0.29) is 0 Å². The van der Waals surface area contributed by atoms with E-state index in [1.807, 2.05) is 6.20 Å². The highest BCUT2D eigenvalue weighted by Gasteiger charge is 2.28. The SMILES string of the molecule is C=C(N/C=C\C(C)C)c1ccccc1C1=C2C=C(C)C(=NCC)C=C2Cc2cc(NCC)c(C)cc21. The molecular formula is C33H39N3. The average molecular weight is 478 g/mol. The summed E-state index contributed by atoms with van der Waals surface area (Å²) in [6.45, 7) is 19.1. The van der Waals surface area contributed by atoms with E-state index in [0.717, 1.165) is 36.5 Å². The highest BCUT2D eigenvalue weighted by molar-refractivity contribution is 6.12. The normalized spacial score (nSPS) is 16.1. The first-order valence-electron chi connectivity index (χ1n) is 13.1. The third-order valence-corrected chi connectivity index (χ3v) is 6.75. The van der Waals surface area contributed by atoms with Crippen LogP contribution in [0.1, 0.15) is 62.4 Å². The summed E-state index contributed by atoms with van der Waals surface area (Å²) >= 11 is 0. The molecule has 3 nitrogen and oxygen atoms in total. The second kappa shape index (κ2) is 11.0. The van der Waals surface area contributed by atoms with Gasteiger partial charge in [-0.25, -0.2) is 0 Å². The Balaban J connectivity index is 1.95. The predicted octanol–water partition coefficient (Wildman–Crippen LogP) is 7.86. The topological polar surface area (TPSA) is 36.4 Å². The fourth-order valence-electron chi connectivity index (χ4n) is 5.00. The number of fused-ring (bicyclic) bond motifs is 2. The molecule has 0 fully saturated rings. The number of nitrogens with one attached hydrogen (secondary N) is 2. The highest BCUT2D eigenvalue weighted by atomic mass is 14.9. The van der Waals surface area contributed by atoms with Gasteiger partial charge in [-0.3, -0.25) is 4.99 Å². The maximum absolute atomic E-state index is 4.77. The number of aliphatic imine (C=N–C) groups is 1. The van der Waals surface area contributed by atoms with Crippen molar-refractivity contribution in [2.24, 2.45) is 10.9 Å². The summed E-state index contributed by atoms with van der Waals surface area (Å²) in [5.41, 5.74) is 14.6. The minimum atomic E-state index is 0.478. The molecule has 0 aromatic heterocycles. The average Bonchev–Trinajstić information content (AvgIpc) is 2.84. The first-order valence-corrected chi connectivity index (χ1v) is 13.1. The van der Waals surface area contributed by atoms with Crippen LogP contribution in [-0.4, -0.2) is 18.8 Å². The van der Waals surface area contributed by atoms with Crippen molar-refractivity contribution in [1.29, 1.82) is 0 Å². The molecule has 2 aliphatic rings. The van der Waals surface area contributed by atoms with E-state index in [9.17, 15) is 0 Å². The molecule has 0 saturated carbocycles. The van der Waals surface area contributed by atoms with E-state index in [4.69, 9.17) is 4.99 Å². The molecule has 0 spiro atoms. The molecule has 2 aromatic rings. The van der Waals surface area contributed by atoms with Crippen LogP contribution >= 0.6 is 0 Å². The van der Waals surface area contributed by atoms with Crippen molar-refractivity contribution in [2.45, 2.75) is 48.0 Å². The van der Waals surface area contributed by atoms with Crippen LogP contribution < -0.4 is 10.6 Å². The van der Waals surface area contributed by atoms with Gasteiger partial charge in [-0.1, -0.05) is 50.8 Å². The van der Waals surface area contributed by atoms with E-state index in [1.165, 1.54) is 50.2 Å². The molecule has 0 aliphatic heterocycles. The smallest absolute Gasteiger partial charge is 0.0606 e. The summed E-state index contributed by atoms with van der Waals surface area (Å²) in [5.74, 6) is 0.478. The maximum atomic E-state index is 4.77. The van der Waals surface area contributed by atoms with E-state index < -0.39 is 0 Å². The molecule has 0 unspecified atom stereocenters. The Bertz CT molecular complexity index is 1330. The Labute approximate surface area is 217 Å². The van der Waals surface area contributed by atoms with Crippen LogP contribution in [0.2, 0.25) is 0 Å². The predicted molar refractivity (Wildman–Crippen MR) is 157 cm³/mol. The van der Waals surface area contributed by atoms with Gasteiger partial charge in [0.05, 0.1) is 5.71 Å². The zero-order valence-electron chi connectivity index (χ0n) is 22.6. The first kappa shape index (κ1) is 25.5. The summed E-state index contributed by atoms with van der Waals surface area (Å²) in [6, 6.07) is 13.3. The van der Waals surface area contributed by atoms with Gasteiger partial charge in [-0.2, -0.15) is 0 Å². The van der Waals surface area contributed by atoms with Crippen LogP contribution in [0.15, 0.2) is 89.1 Å². The van der Waals surface area contributed by atoms with E-state index in [0.29, 0.717) is 5.92 Å². The van der Waals surface area contributed by atoms with Gasteiger partial charge in [0, 0.05) is 30.0 Å². The maximum Gasteiger partial charge on any atom is 0.0606 e. The summed E-state index contributed by atoms with van der Waals surface area (Å²) < 4.78 is 0. The van der Waals surface area contributed by atoms with Gasteiger partial charge < -0.3 is 10.6 Å². The summed E-state index contributed by atoms with van der Waals surface area (Å²) in [5, 5.41) is 6.97. The molecule has 0 atom stereocenters. The van der Waals surface area contributed by atoms with E-state index in [2.05, 4.69) is 113 Å². The Kier molecular flexibility index (Phi) is 7.79. The third kappa shape index (κ3) is 5.16. The molecule has 2 aromatic carbocycles. The van der Waals surface area contributed by atoms with Gasteiger partial charge in [0.25, 0.3) is 0 Å². The van der Waals surface area contributed by atoms with Crippen LogP contribution in [0.3, 0.4) is 0 Å². The summed E-state index contributed by atoms with van der Waals surface area (Å²) in [7, 11) is 0. The fourth-order valence-corrected chi connectivity index (χ4v) is 5.00. The van der Waals surface area contributed by atoms with E-state index >= 15 is 0 Å². The molecule has 3 heteroatoms. The molecule has 0 bridgehead atoms. The number of rotatable bonds is 8. The minimum Gasteiger partial charge on any atom is -0.385 e. The van der Waals surface area contributed by atoms with Crippen molar-refractivity contribution >= 4 is 22.7 Å².